The Bertz CT molecular complexity index is 1070. The van der Waals surface area contributed by atoms with Gasteiger partial charge in [-0.25, -0.2) is 8.42 Å². The molecule has 0 aliphatic carbocycles. The van der Waals surface area contributed by atoms with Gasteiger partial charge in [0.05, 0.1) is 22.9 Å². The summed E-state index contributed by atoms with van der Waals surface area (Å²) in [4.78, 5) is 2.47. The van der Waals surface area contributed by atoms with Gasteiger partial charge in [0.15, 0.2) is 0 Å². The second kappa shape index (κ2) is 6.70. The highest BCUT2D eigenvalue weighted by Crippen LogP contribution is 2.33. The van der Waals surface area contributed by atoms with Crippen LogP contribution in [0.3, 0.4) is 0 Å². The van der Waals surface area contributed by atoms with Crippen LogP contribution in [0.5, 0.6) is 0 Å². The van der Waals surface area contributed by atoms with E-state index in [0.29, 0.717) is 23.7 Å². The monoisotopic (exact) mass is 391 g/mol. The van der Waals surface area contributed by atoms with Crippen molar-refractivity contribution in [3.63, 3.8) is 0 Å². The minimum absolute atomic E-state index is 0.109. The van der Waals surface area contributed by atoms with Gasteiger partial charge in [-0.15, -0.1) is 0 Å². The van der Waals surface area contributed by atoms with Gasteiger partial charge in [-0.2, -0.15) is 0 Å². The molecule has 0 atom stereocenters. The molecule has 136 valence electrons. The Morgan fingerprint density at radius 3 is 2.73 bits per heavy atom. The summed E-state index contributed by atoms with van der Waals surface area (Å²) in [6.07, 6.45) is 0.822. The van der Waals surface area contributed by atoms with E-state index in [0.717, 1.165) is 29.7 Å². The zero-order valence-corrected chi connectivity index (χ0v) is 15.6. The first-order valence-electron chi connectivity index (χ1n) is 8.37. The predicted octanol–water partition coefficient (Wildman–Crippen LogP) is 3.27. The van der Waals surface area contributed by atoms with E-state index in [4.69, 9.17) is 21.1 Å². The van der Waals surface area contributed by atoms with E-state index >= 15 is 0 Å². The molecule has 5 nitrogen and oxygen atoms in total. The van der Waals surface area contributed by atoms with Gasteiger partial charge < -0.3 is 9.52 Å². The van der Waals surface area contributed by atoms with Gasteiger partial charge >= 0.3 is 0 Å². The minimum atomic E-state index is -3.66. The molecule has 0 radical (unpaired) electrons. The van der Waals surface area contributed by atoms with Gasteiger partial charge in [0.1, 0.15) is 11.3 Å². The molecular formula is C19H18ClNO4S. The van der Waals surface area contributed by atoms with E-state index in [1.54, 1.807) is 24.3 Å². The van der Waals surface area contributed by atoms with E-state index in [-0.39, 0.29) is 16.4 Å². The number of furan rings is 1. The first kappa shape index (κ1) is 17.5. The zero-order valence-electron chi connectivity index (χ0n) is 14.0. The average Bonchev–Trinajstić information content (AvgIpc) is 2.99. The van der Waals surface area contributed by atoms with Crippen LogP contribution in [-0.4, -0.2) is 38.1 Å². The van der Waals surface area contributed by atoms with Gasteiger partial charge in [0.25, 0.3) is 0 Å². The molecule has 1 aliphatic rings. The van der Waals surface area contributed by atoms with Gasteiger partial charge in [0.2, 0.25) is 9.84 Å². The van der Waals surface area contributed by atoms with E-state index < -0.39 is 9.84 Å². The molecule has 0 bridgehead atoms. The molecule has 7 heteroatoms. The molecule has 0 saturated heterocycles. The van der Waals surface area contributed by atoms with Crippen molar-refractivity contribution < 1.29 is 17.9 Å². The quantitative estimate of drug-likeness (QED) is 0.739. The lowest BCUT2D eigenvalue weighted by atomic mass is 10.0. The maximum absolute atomic E-state index is 12.9. The zero-order chi connectivity index (χ0) is 18.3. The lowest BCUT2D eigenvalue weighted by Gasteiger charge is -2.24. The second-order valence-electron chi connectivity index (χ2n) is 6.37. The number of aliphatic hydroxyl groups excluding tert-OH is 1. The Hall–Kier alpha value is -1.86. The smallest absolute Gasteiger partial charge is 0.206 e. The standard InChI is InChI=1S/C19H18ClNO4S/c20-13-2-1-3-14(10-13)26(23,24)15-4-5-16-17-6-7-21(8-9-22)12-19(17)25-18(16)11-15/h1-5,10-11,22H,6-9,12H2. The van der Waals surface area contributed by atoms with Crippen molar-refractivity contribution in [1.29, 1.82) is 0 Å². The number of nitrogens with zero attached hydrogens (tertiary/aromatic N) is 1. The number of halogens is 1. The van der Waals surface area contributed by atoms with E-state index in [1.165, 1.54) is 12.1 Å². The lowest BCUT2D eigenvalue weighted by molar-refractivity contribution is 0.174. The van der Waals surface area contributed by atoms with Crippen LogP contribution in [0.1, 0.15) is 11.3 Å². The number of β-amino-alcohol motifs (C(OH)–C–C–N with tert-alkyl or cyclic N) is 1. The van der Waals surface area contributed by atoms with E-state index in [2.05, 4.69) is 4.90 Å². The summed E-state index contributed by atoms with van der Waals surface area (Å²) in [5.74, 6) is 0.844. The Morgan fingerprint density at radius 2 is 1.96 bits per heavy atom. The van der Waals surface area contributed by atoms with E-state index in [9.17, 15) is 8.42 Å². The van der Waals surface area contributed by atoms with Crippen molar-refractivity contribution in [2.75, 3.05) is 19.7 Å². The Kier molecular flexibility index (Phi) is 4.52. The number of aliphatic hydroxyl groups is 1. The Balaban J connectivity index is 1.75. The van der Waals surface area contributed by atoms with Crippen LogP contribution >= 0.6 is 11.6 Å². The van der Waals surface area contributed by atoms with Gasteiger partial charge in [0, 0.05) is 35.1 Å². The van der Waals surface area contributed by atoms with Gasteiger partial charge in [-0.05, 0) is 36.8 Å². The minimum Gasteiger partial charge on any atom is -0.459 e. The number of hydrogen-bond acceptors (Lipinski definition) is 5. The summed E-state index contributed by atoms with van der Waals surface area (Å²) in [6.45, 7) is 2.19. The SMILES string of the molecule is O=S(=O)(c1cccc(Cl)c1)c1ccc2c3c(oc2c1)CN(CCO)CC3. The third-order valence-corrected chi connectivity index (χ3v) is 6.71. The topological polar surface area (TPSA) is 70.8 Å². The maximum Gasteiger partial charge on any atom is 0.206 e. The molecule has 26 heavy (non-hydrogen) atoms. The molecule has 0 unspecified atom stereocenters. The van der Waals surface area contributed by atoms with Crippen LogP contribution in [0.25, 0.3) is 11.0 Å². The highest BCUT2D eigenvalue weighted by atomic mass is 35.5. The number of sulfone groups is 1. The molecule has 2 aromatic carbocycles. The summed E-state index contributed by atoms with van der Waals surface area (Å²) < 4.78 is 31.7. The largest absolute Gasteiger partial charge is 0.459 e. The molecule has 0 fully saturated rings. The molecule has 3 aromatic rings. The highest BCUT2D eigenvalue weighted by molar-refractivity contribution is 7.91. The van der Waals surface area contributed by atoms with Crippen molar-refractivity contribution >= 4 is 32.4 Å². The summed E-state index contributed by atoms with van der Waals surface area (Å²) in [6, 6.07) is 11.3. The van der Waals surface area contributed by atoms with Crippen molar-refractivity contribution in [3.8, 4) is 0 Å². The van der Waals surface area contributed by atoms with Gasteiger partial charge in [-0.1, -0.05) is 17.7 Å². The Morgan fingerprint density at radius 1 is 1.15 bits per heavy atom. The van der Waals surface area contributed by atoms with Crippen molar-refractivity contribution in [2.45, 2.75) is 22.8 Å². The summed E-state index contributed by atoms with van der Waals surface area (Å²) in [5, 5.41) is 10.4. The third-order valence-electron chi connectivity index (χ3n) is 4.73. The van der Waals surface area contributed by atoms with Crippen molar-refractivity contribution in [1.82, 2.24) is 4.90 Å². The van der Waals surface area contributed by atoms with Crippen molar-refractivity contribution in [2.24, 2.45) is 0 Å². The van der Waals surface area contributed by atoms with Crippen LogP contribution in [-0.2, 0) is 22.8 Å². The number of rotatable bonds is 4. The molecular weight excluding hydrogens is 374 g/mol. The molecule has 0 saturated carbocycles. The summed E-state index contributed by atoms with van der Waals surface area (Å²) in [7, 11) is -3.66. The number of fused-ring (bicyclic) bond motifs is 3. The molecule has 1 aliphatic heterocycles. The fraction of sp³-hybridized carbons (Fsp3) is 0.263. The first-order chi connectivity index (χ1) is 12.5. The Labute approximate surface area is 156 Å². The molecule has 4 rings (SSSR count). The first-order valence-corrected chi connectivity index (χ1v) is 10.2. The fourth-order valence-corrected chi connectivity index (χ4v) is 4.98. The van der Waals surface area contributed by atoms with Crippen LogP contribution in [0.4, 0.5) is 0 Å². The maximum atomic E-state index is 12.9. The molecule has 0 amide bonds. The summed E-state index contributed by atoms with van der Waals surface area (Å²) in [5.41, 5.74) is 1.70. The molecule has 1 N–H and O–H groups in total. The van der Waals surface area contributed by atoms with Crippen molar-refractivity contribution in [3.05, 3.63) is 58.8 Å². The second-order valence-corrected chi connectivity index (χ2v) is 8.76. The van der Waals surface area contributed by atoms with Crippen LogP contribution in [0, 0.1) is 0 Å². The molecule has 2 heterocycles. The van der Waals surface area contributed by atoms with Crippen LogP contribution in [0.2, 0.25) is 5.02 Å². The van der Waals surface area contributed by atoms with E-state index in [1.807, 2.05) is 6.07 Å². The van der Waals surface area contributed by atoms with Crippen LogP contribution < -0.4 is 0 Å². The summed E-state index contributed by atoms with van der Waals surface area (Å²) >= 11 is 5.94. The number of hydrogen-bond donors (Lipinski definition) is 1. The predicted molar refractivity (Wildman–Crippen MR) is 99.2 cm³/mol. The van der Waals surface area contributed by atoms with Gasteiger partial charge in [-0.3, -0.25) is 4.90 Å². The molecule has 1 aromatic heterocycles. The highest BCUT2D eigenvalue weighted by Gasteiger charge is 2.24. The van der Waals surface area contributed by atoms with Crippen LogP contribution in [0.15, 0.2) is 56.7 Å². The fourth-order valence-electron chi connectivity index (χ4n) is 3.40. The average molecular weight is 392 g/mol. The lowest BCUT2D eigenvalue weighted by Crippen LogP contribution is -2.32. The molecule has 0 spiro atoms. The normalized spacial score (nSPS) is 15.3. The number of benzene rings is 2. The third kappa shape index (κ3) is 3.03.